The van der Waals surface area contributed by atoms with E-state index in [9.17, 15) is 0 Å². The molecule has 1 aliphatic rings. The second kappa shape index (κ2) is 4.80. The summed E-state index contributed by atoms with van der Waals surface area (Å²) in [7, 11) is 0. The third kappa shape index (κ3) is 3.09. The molecule has 2 atom stereocenters. The van der Waals surface area contributed by atoms with Crippen LogP contribution in [0, 0.1) is 10.8 Å². The maximum absolute atomic E-state index is 3.55. The summed E-state index contributed by atoms with van der Waals surface area (Å²) in [4.78, 5) is 0. The number of halogens is 2. The first kappa shape index (κ1) is 12.3. The molecule has 0 aliphatic heterocycles. The average Bonchev–Trinajstić information content (AvgIpc) is 2.20. The lowest BCUT2D eigenvalue weighted by molar-refractivity contribution is 0.593. The molecule has 0 saturated heterocycles. The van der Waals surface area contributed by atoms with Crippen molar-refractivity contribution in [3.63, 3.8) is 0 Å². The van der Waals surface area contributed by atoms with Crippen molar-refractivity contribution in [2.75, 3.05) is 10.7 Å². The first-order valence-electron chi connectivity index (χ1n) is 4.73. The van der Waals surface area contributed by atoms with Gasteiger partial charge in [-0.15, -0.1) is 0 Å². The smallest absolute Gasteiger partial charge is 0.0155 e. The van der Waals surface area contributed by atoms with Gasteiger partial charge in [-0.25, -0.2) is 0 Å². The van der Waals surface area contributed by atoms with Gasteiger partial charge in [0.2, 0.25) is 0 Å². The SMILES string of the molecule is CC1(CBr)C=CC(C)(CBr)/C=C\C=C/1. The Bertz CT molecular complexity index is 250. The van der Waals surface area contributed by atoms with E-state index >= 15 is 0 Å². The largest absolute Gasteiger partial charge is 0.0915 e. The summed E-state index contributed by atoms with van der Waals surface area (Å²) in [6.07, 6.45) is 13.3. The second-order valence-corrected chi connectivity index (χ2v) is 5.45. The number of hydrogen-bond donors (Lipinski definition) is 0. The highest BCUT2D eigenvalue weighted by Gasteiger charge is 2.21. The summed E-state index contributed by atoms with van der Waals surface area (Å²) in [5.74, 6) is 0. The van der Waals surface area contributed by atoms with E-state index in [2.05, 4.69) is 82.2 Å². The molecule has 0 aromatic heterocycles. The first-order valence-corrected chi connectivity index (χ1v) is 6.97. The Morgan fingerprint density at radius 1 is 0.786 bits per heavy atom. The lowest BCUT2D eigenvalue weighted by atomic mass is 9.84. The van der Waals surface area contributed by atoms with Gasteiger partial charge in [-0.05, 0) is 0 Å². The minimum absolute atomic E-state index is 0.133. The molecular weight excluding hydrogens is 304 g/mol. The van der Waals surface area contributed by atoms with Crippen LogP contribution in [0.5, 0.6) is 0 Å². The molecule has 0 aromatic carbocycles. The van der Waals surface area contributed by atoms with Crippen LogP contribution in [-0.2, 0) is 0 Å². The molecule has 14 heavy (non-hydrogen) atoms. The maximum Gasteiger partial charge on any atom is 0.0155 e. The molecule has 2 heteroatoms. The fraction of sp³-hybridized carbons (Fsp3) is 0.500. The molecule has 0 fully saturated rings. The van der Waals surface area contributed by atoms with Crippen molar-refractivity contribution in [1.29, 1.82) is 0 Å². The van der Waals surface area contributed by atoms with E-state index in [4.69, 9.17) is 0 Å². The molecule has 0 bridgehead atoms. The van der Waals surface area contributed by atoms with E-state index < -0.39 is 0 Å². The first-order chi connectivity index (χ1) is 6.54. The van der Waals surface area contributed by atoms with Gasteiger partial charge < -0.3 is 0 Å². The van der Waals surface area contributed by atoms with Crippen molar-refractivity contribution in [3.05, 3.63) is 36.5 Å². The topological polar surface area (TPSA) is 0 Å². The lowest BCUT2D eigenvalue weighted by Gasteiger charge is -2.25. The molecule has 0 saturated carbocycles. The highest BCUT2D eigenvalue weighted by molar-refractivity contribution is 9.09. The number of allylic oxidation sites excluding steroid dienone is 6. The summed E-state index contributed by atoms with van der Waals surface area (Å²) in [5, 5.41) is 1.92. The Morgan fingerprint density at radius 3 is 1.43 bits per heavy atom. The molecule has 0 radical (unpaired) electrons. The van der Waals surface area contributed by atoms with Crippen LogP contribution < -0.4 is 0 Å². The highest BCUT2D eigenvalue weighted by Crippen LogP contribution is 2.31. The molecule has 0 nitrogen and oxygen atoms in total. The van der Waals surface area contributed by atoms with Gasteiger partial charge in [0.05, 0.1) is 0 Å². The van der Waals surface area contributed by atoms with Gasteiger partial charge in [0.25, 0.3) is 0 Å². The molecule has 0 spiro atoms. The third-order valence-electron chi connectivity index (χ3n) is 2.49. The summed E-state index contributed by atoms with van der Waals surface area (Å²) >= 11 is 7.10. The Balaban J connectivity index is 3.00. The van der Waals surface area contributed by atoms with Gasteiger partial charge in [-0.3, -0.25) is 0 Å². The maximum atomic E-state index is 3.55. The van der Waals surface area contributed by atoms with Crippen molar-refractivity contribution in [2.45, 2.75) is 13.8 Å². The van der Waals surface area contributed by atoms with Crippen LogP contribution in [0.25, 0.3) is 0 Å². The normalized spacial score (nSPS) is 41.4. The van der Waals surface area contributed by atoms with Crippen LogP contribution in [0.3, 0.4) is 0 Å². The Hall–Kier alpha value is 0.180. The van der Waals surface area contributed by atoms with Gasteiger partial charge in [0, 0.05) is 21.5 Å². The zero-order valence-electron chi connectivity index (χ0n) is 8.63. The fourth-order valence-electron chi connectivity index (χ4n) is 1.22. The van der Waals surface area contributed by atoms with E-state index in [0.29, 0.717) is 0 Å². The van der Waals surface area contributed by atoms with Crippen molar-refractivity contribution in [3.8, 4) is 0 Å². The molecule has 1 aliphatic carbocycles. The monoisotopic (exact) mass is 318 g/mol. The van der Waals surface area contributed by atoms with Crippen LogP contribution in [0.15, 0.2) is 36.5 Å². The van der Waals surface area contributed by atoms with Gasteiger partial charge in [0.1, 0.15) is 0 Å². The third-order valence-corrected chi connectivity index (χ3v) is 4.90. The molecule has 0 amide bonds. The van der Waals surface area contributed by atoms with E-state index in [1.807, 2.05) is 0 Å². The predicted octanol–water partition coefficient (Wildman–Crippen LogP) is 4.47. The zero-order chi connectivity index (χ0) is 10.7. The molecule has 1 rings (SSSR count). The quantitative estimate of drug-likeness (QED) is 0.520. The lowest BCUT2D eigenvalue weighted by Crippen LogP contribution is -2.17. The Morgan fingerprint density at radius 2 is 1.14 bits per heavy atom. The van der Waals surface area contributed by atoms with E-state index in [0.717, 1.165) is 10.7 Å². The van der Waals surface area contributed by atoms with Crippen LogP contribution in [0.2, 0.25) is 0 Å². The van der Waals surface area contributed by atoms with E-state index in [1.165, 1.54) is 0 Å². The molecule has 2 unspecified atom stereocenters. The summed E-state index contributed by atoms with van der Waals surface area (Å²) in [6.45, 7) is 4.45. The van der Waals surface area contributed by atoms with Crippen LogP contribution >= 0.6 is 31.9 Å². The molecule has 0 heterocycles. The van der Waals surface area contributed by atoms with Crippen molar-refractivity contribution in [1.82, 2.24) is 0 Å². The molecular formula is C12H16Br2. The van der Waals surface area contributed by atoms with E-state index in [-0.39, 0.29) is 10.8 Å². The van der Waals surface area contributed by atoms with Crippen LogP contribution in [-0.4, -0.2) is 10.7 Å². The average molecular weight is 320 g/mol. The standard InChI is InChI=1S/C12H16Br2/c1-11(9-13)5-3-4-6-12(2,10-14)8-7-11/h3-8H,9-10H2,1-2H3/b5-3-,6-4-,8-7?. The molecule has 78 valence electrons. The van der Waals surface area contributed by atoms with Crippen LogP contribution in [0.1, 0.15) is 13.8 Å². The Kier molecular flexibility index (Phi) is 4.20. The van der Waals surface area contributed by atoms with Crippen molar-refractivity contribution in [2.24, 2.45) is 10.8 Å². The van der Waals surface area contributed by atoms with Gasteiger partial charge in [-0.1, -0.05) is 82.2 Å². The molecule has 0 aromatic rings. The Labute approximate surface area is 103 Å². The fourth-order valence-corrected chi connectivity index (χ4v) is 1.97. The van der Waals surface area contributed by atoms with Gasteiger partial charge in [0.15, 0.2) is 0 Å². The van der Waals surface area contributed by atoms with Gasteiger partial charge in [-0.2, -0.15) is 0 Å². The highest BCUT2D eigenvalue weighted by atomic mass is 79.9. The van der Waals surface area contributed by atoms with Crippen molar-refractivity contribution < 1.29 is 0 Å². The van der Waals surface area contributed by atoms with Gasteiger partial charge >= 0.3 is 0 Å². The van der Waals surface area contributed by atoms with Crippen molar-refractivity contribution >= 4 is 31.9 Å². The summed E-state index contributed by atoms with van der Waals surface area (Å²) in [6, 6.07) is 0. The summed E-state index contributed by atoms with van der Waals surface area (Å²) in [5.41, 5.74) is 0.266. The number of alkyl halides is 2. The zero-order valence-corrected chi connectivity index (χ0v) is 11.8. The second-order valence-electron chi connectivity index (χ2n) is 4.33. The summed E-state index contributed by atoms with van der Waals surface area (Å²) < 4.78 is 0. The number of rotatable bonds is 2. The minimum atomic E-state index is 0.133. The minimum Gasteiger partial charge on any atom is -0.0915 e. The molecule has 0 N–H and O–H groups in total. The predicted molar refractivity (Wildman–Crippen MR) is 71.2 cm³/mol. The number of hydrogen-bond acceptors (Lipinski definition) is 0. The van der Waals surface area contributed by atoms with Crippen LogP contribution in [0.4, 0.5) is 0 Å². The van der Waals surface area contributed by atoms with E-state index in [1.54, 1.807) is 0 Å².